The van der Waals surface area contributed by atoms with Crippen LogP contribution in [0.1, 0.15) is 30.6 Å². The van der Waals surface area contributed by atoms with Crippen molar-refractivity contribution >= 4 is 39.0 Å². The standard InChI is InChI=1S/C15H20ClN3S/c1-10-6-13-14(18-9-19-15(13)20-10)17-8-12-5-3-2-4-11(12)7-16/h6,9,11-12H,2-5,7-8H2,1H3,(H,17,18,19). The first-order valence-electron chi connectivity index (χ1n) is 7.29. The van der Waals surface area contributed by atoms with E-state index in [1.165, 1.54) is 30.6 Å². The van der Waals surface area contributed by atoms with Crippen molar-refractivity contribution in [1.29, 1.82) is 0 Å². The van der Waals surface area contributed by atoms with Gasteiger partial charge in [0, 0.05) is 17.3 Å². The van der Waals surface area contributed by atoms with Gasteiger partial charge in [-0.1, -0.05) is 12.8 Å². The summed E-state index contributed by atoms with van der Waals surface area (Å²) in [4.78, 5) is 11.1. The maximum absolute atomic E-state index is 6.10. The number of alkyl halides is 1. The Morgan fingerprint density at radius 2 is 2.10 bits per heavy atom. The number of nitrogens with zero attached hydrogens (tertiary/aromatic N) is 2. The zero-order chi connectivity index (χ0) is 13.9. The van der Waals surface area contributed by atoms with E-state index in [1.807, 2.05) is 0 Å². The molecule has 0 radical (unpaired) electrons. The monoisotopic (exact) mass is 309 g/mol. The maximum Gasteiger partial charge on any atom is 0.138 e. The lowest BCUT2D eigenvalue weighted by atomic mass is 9.80. The van der Waals surface area contributed by atoms with Crippen LogP contribution in [0.4, 0.5) is 5.82 Å². The summed E-state index contributed by atoms with van der Waals surface area (Å²) in [6.45, 7) is 3.08. The first-order chi connectivity index (χ1) is 9.78. The molecule has 0 saturated heterocycles. The molecule has 0 bridgehead atoms. The minimum Gasteiger partial charge on any atom is -0.369 e. The summed E-state index contributed by atoms with van der Waals surface area (Å²) in [5.74, 6) is 3.08. The molecule has 108 valence electrons. The predicted molar refractivity (Wildman–Crippen MR) is 86.8 cm³/mol. The van der Waals surface area contributed by atoms with E-state index in [1.54, 1.807) is 17.7 Å². The zero-order valence-corrected chi connectivity index (χ0v) is 13.3. The lowest BCUT2D eigenvalue weighted by Crippen LogP contribution is -2.27. The number of aryl methyl sites for hydroxylation is 1. The number of rotatable bonds is 4. The molecule has 3 nitrogen and oxygen atoms in total. The van der Waals surface area contributed by atoms with Crippen molar-refractivity contribution in [2.24, 2.45) is 11.8 Å². The number of thiophene rings is 1. The van der Waals surface area contributed by atoms with Crippen molar-refractivity contribution in [2.75, 3.05) is 17.7 Å². The maximum atomic E-state index is 6.10. The highest BCUT2D eigenvalue weighted by Gasteiger charge is 2.24. The predicted octanol–water partition coefficient (Wildman–Crippen LogP) is 4.46. The van der Waals surface area contributed by atoms with Crippen LogP contribution in [-0.4, -0.2) is 22.4 Å². The van der Waals surface area contributed by atoms with Crippen molar-refractivity contribution in [2.45, 2.75) is 32.6 Å². The fraction of sp³-hybridized carbons (Fsp3) is 0.600. The molecule has 1 aliphatic carbocycles. The van der Waals surface area contributed by atoms with Crippen molar-refractivity contribution in [3.8, 4) is 0 Å². The van der Waals surface area contributed by atoms with Gasteiger partial charge in [-0.15, -0.1) is 22.9 Å². The Labute approximate surface area is 128 Å². The Bertz CT molecular complexity index is 584. The van der Waals surface area contributed by atoms with Gasteiger partial charge in [0.25, 0.3) is 0 Å². The van der Waals surface area contributed by atoms with Crippen molar-refractivity contribution < 1.29 is 0 Å². The number of hydrogen-bond donors (Lipinski definition) is 1. The van der Waals surface area contributed by atoms with Gasteiger partial charge in [0.05, 0.1) is 5.39 Å². The van der Waals surface area contributed by atoms with Crippen LogP contribution in [-0.2, 0) is 0 Å². The van der Waals surface area contributed by atoms with E-state index in [9.17, 15) is 0 Å². The van der Waals surface area contributed by atoms with Crippen LogP contribution in [0.3, 0.4) is 0 Å². The number of anilines is 1. The van der Waals surface area contributed by atoms with Crippen LogP contribution in [0.2, 0.25) is 0 Å². The van der Waals surface area contributed by atoms with Crippen LogP contribution in [0, 0.1) is 18.8 Å². The molecule has 1 saturated carbocycles. The van der Waals surface area contributed by atoms with Crippen molar-refractivity contribution in [3.05, 3.63) is 17.3 Å². The summed E-state index contributed by atoms with van der Waals surface area (Å²) < 4.78 is 0. The average molecular weight is 310 g/mol. The Hall–Kier alpha value is -0.870. The molecule has 2 unspecified atom stereocenters. The van der Waals surface area contributed by atoms with Crippen molar-refractivity contribution in [3.63, 3.8) is 0 Å². The summed E-state index contributed by atoms with van der Waals surface area (Å²) >= 11 is 7.82. The lowest BCUT2D eigenvalue weighted by Gasteiger charge is -2.30. The second-order valence-corrected chi connectivity index (χ2v) is 7.18. The molecule has 0 aliphatic heterocycles. The third-order valence-electron chi connectivity index (χ3n) is 4.25. The van der Waals surface area contributed by atoms with Gasteiger partial charge in [0.15, 0.2) is 0 Å². The summed E-state index contributed by atoms with van der Waals surface area (Å²) in [7, 11) is 0. The van der Waals surface area contributed by atoms with E-state index in [-0.39, 0.29) is 0 Å². The molecule has 1 fully saturated rings. The Balaban J connectivity index is 1.73. The number of nitrogens with one attached hydrogen (secondary N) is 1. The van der Waals surface area contributed by atoms with E-state index >= 15 is 0 Å². The molecule has 0 spiro atoms. The molecule has 2 heterocycles. The van der Waals surface area contributed by atoms with Gasteiger partial charge < -0.3 is 5.32 Å². The Morgan fingerprint density at radius 3 is 2.90 bits per heavy atom. The molecule has 1 aliphatic rings. The van der Waals surface area contributed by atoms with Gasteiger partial charge in [0.2, 0.25) is 0 Å². The van der Waals surface area contributed by atoms with Gasteiger partial charge in [-0.3, -0.25) is 0 Å². The van der Waals surface area contributed by atoms with Crippen LogP contribution < -0.4 is 5.32 Å². The van der Waals surface area contributed by atoms with Crippen LogP contribution >= 0.6 is 22.9 Å². The third-order valence-corrected chi connectivity index (χ3v) is 5.60. The topological polar surface area (TPSA) is 37.8 Å². The number of fused-ring (bicyclic) bond motifs is 1. The normalized spacial score (nSPS) is 23.1. The summed E-state index contributed by atoms with van der Waals surface area (Å²) in [5.41, 5.74) is 0. The highest BCUT2D eigenvalue weighted by atomic mass is 35.5. The molecule has 2 aromatic heterocycles. The minimum atomic E-state index is 0.652. The van der Waals surface area contributed by atoms with E-state index in [2.05, 4.69) is 28.3 Å². The molecular weight excluding hydrogens is 290 g/mol. The first kappa shape index (κ1) is 14.1. The molecule has 1 N–H and O–H groups in total. The number of hydrogen-bond acceptors (Lipinski definition) is 4. The minimum absolute atomic E-state index is 0.652. The van der Waals surface area contributed by atoms with Gasteiger partial charge in [-0.25, -0.2) is 9.97 Å². The van der Waals surface area contributed by atoms with Crippen molar-refractivity contribution in [1.82, 2.24) is 9.97 Å². The summed E-state index contributed by atoms with van der Waals surface area (Å²) in [6, 6.07) is 2.17. The molecule has 3 rings (SSSR count). The quantitative estimate of drug-likeness (QED) is 0.847. The van der Waals surface area contributed by atoms with Gasteiger partial charge in [-0.05, 0) is 37.7 Å². The number of halogens is 1. The molecule has 2 atom stereocenters. The third kappa shape index (κ3) is 2.91. The largest absolute Gasteiger partial charge is 0.369 e. The SMILES string of the molecule is Cc1cc2c(NCC3CCCCC3CCl)ncnc2s1. The van der Waals surface area contributed by atoms with E-state index in [0.29, 0.717) is 11.8 Å². The van der Waals surface area contributed by atoms with Crippen LogP contribution in [0.5, 0.6) is 0 Å². The van der Waals surface area contributed by atoms with Gasteiger partial charge >= 0.3 is 0 Å². The van der Waals surface area contributed by atoms with E-state index in [0.717, 1.165) is 28.5 Å². The van der Waals surface area contributed by atoms with Gasteiger partial charge in [0.1, 0.15) is 17.0 Å². The van der Waals surface area contributed by atoms with Crippen LogP contribution in [0.15, 0.2) is 12.4 Å². The highest BCUT2D eigenvalue weighted by Crippen LogP contribution is 2.32. The number of aromatic nitrogens is 2. The van der Waals surface area contributed by atoms with Crippen LogP contribution in [0.25, 0.3) is 10.2 Å². The molecule has 2 aromatic rings. The molecular formula is C15H20ClN3S. The average Bonchev–Trinajstić information content (AvgIpc) is 2.86. The smallest absolute Gasteiger partial charge is 0.138 e. The van der Waals surface area contributed by atoms with E-state index < -0.39 is 0 Å². The highest BCUT2D eigenvalue weighted by molar-refractivity contribution is 7.18. The van der Waals surface area contributed by atoms with E-state index in [4.69, 9.17) is 11.6 Å². The second kappa shape index (κ2) is 6.27. The molecule has 0 aromatic carbocycles. The molecule has 5 heteroatoms. The first-order valence-corrected chi connectivity index (χ1v) is 8.64. The fourth-order valence-electron chi connectivity index (χ4n) is 3.10. The lowest BCUT2D eigenvalue weighted by molar-refractivity contribution is 0.272. The molecule has 0 amide bonds. The fourth-order valence-corrected chi connectivity index (χ4v) is 4.35. The summed E-state index contributed by atoms with van der Waals surface area (Å²) in [6.07, 6.45) is 6.86. The van der Waals surface area contributed by atoms with Gasteiger partial charge in [-0.2, -0.15) is 0 Å². The molecule has 20 heavy (non-hydrogen) atoms. The zero-order valence-electron chi connectivity index (χ0n) is 11.7. The Morgan fingerprint density at radius 1 is 1.30 bits per heavy atom. The second-order valence-electron chi connectivity index (χ2n) is 5.64. The Kier molecular flexibility index (Phi) is 4.41. The summed E-state index contributed by atoms with van der Waals surface area (Å²) in [5, 5.41) is 4.68.